The molecule has 6 nitrogen and oxygen atoms in total. The van der Waals surface area contributed by atoms with Crippen LogP contribution in [0.2, 0.25) is 0 Å². The summed E-state index contributed by atoms with van der Waals surface area (Å²) in [7, 11) is 2.05. The molecule has 1 aliphatic rings. The number of nitrogens with zero attached hydrogens (tertiary/aromatic N) is 3. The Hall–Kier alpha value is -1.42. The summed E-state index contributed by atoms with van der Waals surface area (Å²) in [5.74, 6) is 3.62. The average Bonchev–Trinajstić information content (AvgIpc) is 2.78. The number of terminal acetylenes is 1. The molecule has 2 heterocycles. The minimum absolute atomic E-state index is 0.0983. The molecule has 0 amide bonds. The van der Waals surface area contributed by atoms with Gasteiger partial charge in [0.15, 0.2) is 0 Å². The van der Waals surface area contributed by atoms with Crippen LogP contribution < -0.4 is 5.32 Å². The Bertz CT molecular complexity index is 398. The van der Waals surface area contributed by atoms with Gasteiger partial charge in [-0.3, -0.25) is 5.32 Å². The summed E-state index contributed by atoms with van der Waals surface area (Å²) in [5, 5.41) is 6.92. The number of hydrogen-bond acceptors (Lipinski definition) is 6. The second-order valence-electron chi connectivity index (χ2n) is 3.98. The third kappa shape index (κ3) is 3.27. The predicted octanol–water partition coefficient (Wildman–Crippen LogP) is -0.204. The Labute approximate surface area is 100 Å². The molecule has 1 aromatic rings. The fourth-order valence-electron chi connectivity index (χ4n) is 1.65. The van der Waals surface area contributed by atoms with Gasteiger partial charge >= 0.3 is 0 Å². The molecule has 0 bridgehead atoms. The lowest BCUT2D eigenvalue weighted by atomic mass is 10.3. The Morgan fingerprint density at radius 1 is 1.65 bits per heavy atom. The molecule has 92 valence electrons. The van der Waals surface area contributed by atoms with Crippen molar-refractivity contribution in [1.29, 1.82) is 0 Å². The van der Waals surface area contributed by atoms with E-state index in [1.165, 1.54) is 0 Å². The van der Waals surface area contributed by atoms with Crippen LogP contribution in [-0.4, -0.2) is 48.3 Å². The Kier molecular flexibility index (Phi) is 4.09. The van der Waals surface area contributed by atoms with Crippen molar-refractivity contribution in [2.24, 2.45) is 0 Å². The quantitative estimate of drug-likeness (QED) is 0.577. The van der Waals surface area contributed by atoms with E-state index in [0.717, 1.165) is 13.1 Å². The van der Waals surface area contributed by atoms with Gasteiger partial charge in [-0.25, -0.2) is 0 Å². The molecule has 17 heavy (non-hydrogen) atoms. The number of hydrogen-bond donors (Lipinski definition) is 1. The minimum atomic E-state index is -0.0983. The minimum Gasteiger partial charge on any atom is -0.367 e. The number of aromatic nitrogens is 2. The van der Waals surface area contributed by atoms with E-state index in [2.05, 4.69) is 26.3 Å². The zero-order chi connectivity index (χ0) is 12.1. The van der Waals surface area contributed by atoms with Crippen LogP contribution in [0.1, 0.15) is 17.8 Å². The highest BCUT2D eigenvalue weighted by Gasteiger charge is 2.24. The van der Waals surface area contributed by atoms with Gasteiger partial charge in [0.25, 0.3) is 0 Å². The third-order valence-corrected chi connectivity index (χ3v) is 2.54. The number of ether oxygens (including phenoxy) is 1. The Morgan fingerprint density at radius 3 is 3.29 bits per heavy atom. The summed E-state index contributed by atoms with van der Waals surface area (Å²) in [6.07, 6.45) is 5.03. The molecule has 1 N–H and O–H groups in total. The summed E-state index contributed by atoms with van der Waals surface area (Å²) in [5.41, 5.74) is 0. The zero-order valence-corrected chi connectivity index (χ0v) is 9.85. The lowest BCUT2D eigenvalue weighted by Gasteiger charge is -2.27. The van der Waals surface area contributed by atoms with Crippen molar-refractivity contribution in [3.8, 4) is 12.3 Å². The smallest absolute Gasteiger partial charge is 0.240 e. The van der Waals surface area contributed by atoms with Gasteiger partial charge in [-0.15, -0.1) is 6.42 Å². The molecular weight excluding hydrogens is 220 g/mol. The van der Waals surface area contributed by atoms with Crippen LogP contribution in [0.3, 0.4) is 0 Å². The Balaban J connectivity index is 1.91. The van der Waals surface area contributed by atoms with Crippen LogP contribution in [0, 0.1) is 12.3 Å². The van der Waals surface area contributed by atoms with Crippen LogP contribution >= 0.6 is 0 Å². The van der Waals surface area contributed by atoms with Crippen LogP contribution in [0.4, 0.5) is 0 Å². The first kappa shape index (κ1) is 12.0. The van der Waals surface area contributed by atoms with Crippen molar-refractivity contribution in [3.63, 3.8) is 0 Å². The molecule has 0 radical (unpaired) electrons. The largest absolute Gasteiger partial charge is 0.367 e. The van der Waals surface area contributed by atoms with Gasteiger partial charge in [0.05, 0.1) is 19.7 Å². The van der Waals surface area contributed by atoms with Crippen LogP contribution in [0.15, 0.2) is 4.52 Å². The standard InChI is InChI=1S/C11H16N4O2/c1-3-4-12-7-10-13-11(14-17-10)9-8-15(2)5-6-16-9/h1,9,12H,4-8H2,2H3. The summed E-state index contributed by atoms with van der Waals surface area (Å²) in [6.45, 7) is 3.39. The monoisotopic (exact) mass is 236 g/mol. The van der Waals surface area contributed by atoms with Gasteiger partial charge in [-0.2, -0.15) is 4.98 Å². The molecule has 6 heteroatoms. The number of rotatable bonds is 4. The van der Waals surface area contributed by atoms with Crippen molar-refractivity contribution in [1.82, 2.24) is 20.4 Å². The van der Waals surface area contributed by atoms with Crippen molar-refractivity contribution < 1.29 is 9.26 Å². The molecule has 1 unspecified atom stereocenters. The first-order valence-electron chi connectivity index (χ1n) is 5.56. The van der Waals surface area contributed by atoms with Gasteiger partial charge in [0.2, 0.25) is 11.7 Å². The third-order valence-electron chi connectivity index (χ3n) is 2.54. The van der Waals surface area contributed by atoms with Gasteiger partial charge in [0, 0.05) is 13.1 Å². The molecule has 0 saturated carbocycles. The van der Waals surface area contributed by atoms with Gasteiger partial charge in [-0.05, 0) is 7.05 Å². The fourth-order valence-corrected chi connectivity index (χ4v) is 1.65. The first-order valence-corrected chi connectivity index (χ1v) is 5.56. The molecular formula is C11H16N4O2. The van der Waals surface area contributed by atoms with E-state index in [1.54, 1.807) is 0 Å². The molecule has 1 aromatic heterocycles. The molecule has 0 spiro atoms. The molecule has 1 aliphatic heterocycles. The predicted molar refractivity (Wildman–Crippen MR) is 61.0 cm³/mol. The van der Waals surface area contributed by atoms with E-state index < -0.39 is 0 Å². The summed E-state index contributed by atoms with van der Waals surface area (Å²) >= 11 is 0. The maximum absolute atomic E-state index is 5.59. The van der Waals surface area contributed by atoms with Crippen molar-refractivity contribution in [2.45, 2.75) is 12.6 Å². The van der Waals surface area contributed by atoms with E-state index in [1.807, 2.05) is 7.05 Å². The molecule has 2 rings (SSSR count). The SMILES string of the molecule is C#CCNCc1nc(C2CN(C)CCO2)no1. The van der Waals surface area contributed by atoms with Crippen LogP contribution in [-0.2, 0) is 11.3 Å². The molecule has 0 aromatic carbocycles. The second kappa shape index (κ2) is 5.77. The molecule has 0 aliphatic carbocycles. The number of nitrogens with one attached hydrogen (secondary N) is 1. The molecule has 1 atom stereocenters. The second-order valence-corrected chi connectivity index (χ2v) is 3.98. The summed E-state index contributed by atoms with van der Waals surface area (Å²) in [4.78, 5) is 6.46. The van der Waals surface area contributed by atoms with Crippen molar-refractivity contribution in [3.05, 3.63) is 11.7 Å². The van der Waals surface area contributed by atoms with E-state index in [4.69, 9.17) is 15.7 Å². The summed E-state index contributed by atoms with van der Waals surface area (Å²) < 4.78 is 10.7. The van der Waals surface area contributed by atoms with Crippen molar-refractivity contribution in [2.75, 3.05) is 33.3 Å². The fraction of sp³-hybridized carbons (Fsp3) is 0.636. The molecule has 1 saturated heterocycles. The van der Waals surface area contributed by atoms with E-state index >= 15 is 0 Å². The van der Waals surface area contributed by atoms with E-state index in [-0.39, 0.29) is 6.10 Å². The lowest BCUT2D eigenvalue weighted by Crippen LogP contribution is -2.35. The highest BCUT2D eigenvalue weighted by Crippen LogP contribution is 2.18. The van der Waals surface area contributed by atoms with Crippen LogP contribution in [0.25, 0.3) is 0 Å². The topological polar surface area (TPSA) is 63.4 Å². The maximum Gasteiger partial charge on any atom is 0.240 e. The number of morpholine rings is 1. The highest BCUT2D eigenvalue weighted by atomic mass is 16.5. The summed E-state index contributed by atoms with van der Waals surface area (Å²) in [6, 6.07) is 0. The zero-order valence-electron chi connectivity index (χ0n) is 9.85. The molecule has 1 fully saturated rings. The first-order chi connectivity index (χ1) is 8.29. The van der Waals surface area contributed by atoms with Gasteiger partial charge in [0.1, 0.15) is 6.10 Å². The van der Waals surface area contributed by atoms with Gasteiger partial charge < -0.3 is 14.2 Å². The lowest BCUT2D eigenvalue weighted by molar-refractivity contribution is -0.0264. The van der Waals surface area contributed by atoms with E-state index in [0.29, 0.717) is 31.4 Å². The number of likely N-dealkylation sites (N-methyl/N-ethyl adjacent to an activating group) is 1. The highest BCUT2D eigenvalue weighted by molar-refractivity contribution is 4.94. The average molecular weight is 236 g/mol. The van der Waals surface area contributed by atoms with E-state index in [9.17, 15) is 0 Å². The van der Waals surface area contributed by atoms with Crippen molar-refractivity contribution >= 4 is 0 Å². The van der Waals surface area contributed by atoms with Gasteiger partial charge in [-0.1, -0.05) is 11.1 Å². The maximum atomic E-state index is 5.59. The Morgan fingerprint density at radius 2 is 2.53 bits per heavy atom. The van der Waals surface area contributed by atoms with Crippen LogP contribution in [0.5, 0.6) is 0 Å². The normalized spacial score (nSPS) is 21.3.